The minimum atomic E-state index is 0.354. The number of hydrogen-bond donors (Lipinski definition) is 0. The van der Waals surface area contributed by atoms with E-state index >= 15 is 0 Å². The van der Waals surface area contributed by atoms with Crippen LogP contribution in [0.5, 0.6) is 11.5 Å². The van der Waals surface area contributed by atoms with Crippen LogP contribution in [-0.4, -0.2) is 19.2 Å². The normalized spacial score (nSPS) is 11.2. The van der Waals surface area contributed by atoms with Gasteiger partial charge in [0.25, 0.3) is 0 Å². The molecule has 2 aromatic carbocycles. The van der Waals surface area contributed by atoms with Crippen molar-refractivity contribution in [2.45, 2.75) is 0 Å². The van der Waals surface area contributed by atoms with E-state index in [0.29, 0.717) is 33.4 Å². The summed E-state index contributed by atoms with van der Waals surface area (Å²) in [6.07, 6.45) is 1.73. The average molecular weight is 351 g/mol. The Kier molecular flexibility index (Phi) is 4.87. The van der Waals surface area contributed by atoms with Crippen LogP contribution in [0.15, 0.2) is 48.5 Å². The van der Waals surface area contributed by atoms with Crippen molar-refractivity contribution in [2.75, 3.05) is 14.2 Å². The Bertz CT molecular complexity index is 1010. The molecule has 0 aliphatic rings. The number of para-hydroxylation sites is 1. The maximum atomic E-state index is 9.58. The van der Waals surface area contributed by atoms with Crippen LogP contribution in [0.25, 0.3) is 22.6 Å². The molecule has 0 saturated carbocycles. The number of fused-ring (bicyclic) bond motifs is 1. The number of methoxy groups -OCH3 is 2. The minimum Gasteiger partial charge on any atom is -0.493 e. The topological polar surface area (TPSA) is 55.1 Å². The molecule has 0 spiro atoms. The van der Waals surface area contributed by atoms with Crippen LogP contribution in [0.4, 0.5) is 0 Å². The second-order valence-electron chi connectivity index (χ2n) is 5.30. The molecule has 0 aliphatic carbocycles. The Hall–Kier alpha value is -3.03. The van der Waals surface area contributed by atoms with Gasteiger partial charge in [-0.15, -0.1) is 0 Å². The third-order valence-corrected chi connectivity index (χ3v) is 4.12. The molecule has 3 rings (SSSR count). The molecule has 5 heteroatoms. The molecule has 0 bridgehead atoms. The summed E-state index contributed by atoms with van der Waals surface area (Å²) in [7, 11) is 3.13. The van der Waals surface area contributed by atoms with Gasteiger partial charge in [-0.05, 0) is 42.0 Å². The molecule has 0 radical (unpaired) electrons. The Morgan fingerprint density at radius 2 is 1.84 bits per heavy atom. The van der Waals surface area contributed by atoms with Crippen molar-refractivity contribution in [1.29, 1.82) is 5.26 Å². The zero-order valence-corrected chi connectivity index (χ0v) is 14.5. The molecule has 124 valence electrons. The summed E-state index contributed by atoms with van der Waals surface area (Å²) in [6.45, 7) is 0. The molecule has 3 aromatic rings. The van der Waals surface area contributed by atoms with Gasteiger partial charge < -0.3 is 9.47 Å². The fourth-order valence-electron chi connectivity index (χ4n) is 2.55. The molecule has 0 fully saturated rings. The number of pyridine rings is 1. The van der Waals surface area contributed by atoms with Crippen LogP contribution < -0.4 is 9.47 Å². The Morgan fingerprint density at radius 3 is 2.56 bits per heavy atom. The summed E-state index contributed by atoms with van der Waals surface area (Å²) in [5.41, 5.74) is 2.67. The van der Waals surface area contributed by atoms with Gasteiger partial charge in [-0.2, -0.15) is 5.26 Å². The number of benzene rings is 2. The monoisotopic (exact) mass is 350 g/mol. The van der Waals surface area contributed by atoms with Crippen molar-refractivity contribution in [3.63, 3.8) is 0 Å². The van der Waals surface area contributed by atoms with Gasteiger partial charge in [0.1, 0.15) is 5.15 Å². The molecule has 25 heavy (non-hydrogen) atoms. The van der Waals surface area contributed by atoms with Gasteiger partial charge in [-0.1, -0.05) is 29.8 Å². The molecule has 1 heterocycles. The molecule has 0 N–H and O–H groups in total. The zero-order chi connectivity index (χ0) is 17.8. The van der Waals surface area contributed by atoms with Gasteiger partial charge in [0.15, 0.2) is 11.5 Å². The van der Waals surface area contributed by atoms with E-state index in [2.05, 4.69) is 11.1 Å². The van der Waals surface area contributed by atoms with E-state index in [1.54, 1.807) is 38.5 Å². The zero-order valence-electron chi connectivity index (χ0n) is 13.8. The van der Waals surface area contributed by atoms with Gasteiger partial charge in [0.2, 0.25) is 0 Å². The lowest BCUT2D eigenvalue weighted by Gasteiger charge is -2.09. The number of hydrogen-bond acceptors (Lipinski definition) is 4. The highest BCUT2D eigenvalue weighted by molar-refractivity contribution is 6.31. The van der Waals surface area contributed by atoms with Crippen molar-refractivity contribution in [2.24, 2.45) is 0 Å². The van der Waals surface area contributed by atoms with Crippen LogP contribution in [0.3, 0.4) is 0 Å². The number of aromatic nitrogens is 1. The molecule has 4 nitrogen and oxygen atoms in total. The third kappa shape index (κ3) is 3.42. The first-order valence-corrected chi connectivity index (χ1v) is 7.93. The maximum Gasteiger partial charge on any atom is 0.161 e. The second-order valence-corrected chi connectivity index (χ2v) is 5.66. The summed E-state index contributed by atoms with van der Waals surface area (Å²) < 4.78 is 10.5. The molecular weight excluding hydrogens is 336 g/mol. The highest BCUT2D eigenvalue weighted by Gasteiger charge is 2.10. The number of allylic oxidation sites excluding steroid dienone is 1. The molecule has 1 aromatic heterocycles. The Balaban J connectivity index is 2.10. The lowest BCUT2D eigenvalue weighted by molar-refractivity contribution is 0.355. The first-order chi connectivity index (χ1) is 12.2. The van der Waals surface area contributed by atoms with Crippen LogP contribution in [0, 0.1) is 11.3 Å². The summed E-state index contributed by atoms with van der Waals surface area (Å²) in [4.78, 5) is 4.38. The predicted octanol–water partition coefficient (Wildman–Crippen LogP) is 4.97. The smallest absolute Gasteiger partial charge is 0.161 e. The van der Waals surface area contributed by atoms with Gasteiger partial charge in [-0.3, -0.25) is 0 Å². The van der Waals surface area contributed by atoms with E-state index in [0.717, 1.165) is 10.9 Å². The van der Waals surface area contributed by atoms with Gasteiger partial charge in [0.05, 0.1) is 31.4 Å². The van der Waals surface area contributed by atoms with E-state index in [1.165, 1.54) is 0 Å². The number of nitrogens with zero attached hydrogens (tertiary/aromatic N) is 2. The number of nitriles is 1. The predicted molar refractivity (Wildman–Crippen MR) is 99.8 cm³/mol. The van der Waals surface area contributed by atoms with Crippen LogP contribution in [0.1, 0.15) is 11.1 Å². The Labute approximate surface area is 150 Å². The van der Waals surface area contributed by atoms with Crippen molar-refractivity contribution < 1.29 is 9.47 Å². The maximum absolute atomic E-state index is 9.58. The van der Waals surface area contributed by atoms with Gasteiger partial charge in [0, 0.05) is 10.9 Å². The number of halogens is 1. The third-order valence-electron chi connectivity index (χ3n) is 3.82. The highest BCUT2D eigenvalue weighted by atomic mass is 35.5. The molecule has 0 amide bonds. The largest absolute Gasteiger partial charge is 0.493 e. The van der Waals surface area contributed by atoms with E-state index in [9.17, 15) is 5.26 Å². The van der Waals surface area contributed by atoms with E-state index in [-0.39, 0.29) is 0 Å². The first kappa shape index (κ1) is 16.8. The van der Waals surface area contributed by atoms with E-state index < -0.39 is 0 Å². The summed E-state index contributed by atoms with van der Waals surface area (Å²) >= 11 is 6.29. The van der Waals surface area contributed by atoms with Crippen LogP contribution in [-0.2, 0) is 0 Å². The fourth-order valence-corrected chi connectivity index (χ4v) is 2.75. The van der Waals surface area contributed by atoms with Crippen LogP contribution >= 0.6 is 11.6 Å². The Morgan fingerprint density at radius 1 is 1.08 bits per heavy atom. The van der Waals surface area contributed by atoms with Crippen molar-refractivity contribution in [3.05, 3.63) is 64.8 Å². The van der Waals surface area contributed by atoms with Crippen molar-refractivity contribution in [1.82, 2.24) is 4.98 Å². The molecule has 0 atom stereocenters. The highest BCUT2D eigenvalue weighted by Crippen LogP contribution is 2.32. The summed E-state index contributed by atoms with van der Waals surface area (Å²) in [5, 5.41) is 10.9. The summed E-state index contributed by atoms with van der Waals surface area (Å²) in [6, 6.07) is 17.2. The first-order valence-electron chi connectivity index (χ1n) is 7.55. The average Bonchev–Trinajstić information content (AvgIpc) is 2.65. The standard InChI is InChI=1S/C20H15ClN2O2/c1-24-18-8-7-13(11-19(18)25-2)16(12-22)10-15-9-14-5-3-4-6-17(14)23-20(15)21/h3-11H,1-2H3. The quantitative estimate of drug-likeness (QED) is 0.492. The van der Waals surface area contributed by atoms with Crippen molar-refractivity contribution in [3.8, 4) is 17.6 Å². The van der Waals surface area contributed by atoms with Crippen LogP contribution in [0.2, 0.25) is 5.15 Å². The van der Waals surface area contributed by atoms with E-state index in [4.69, 9.17) is 21.1 Å². The molecule has 0 saturated heterocycles. The fraction of sp³-hybridized carbons (Fsp3) is 0.100. The minimum absolute atomic E-state index is 0.354. The van der Waals surface area contributed by atoms with Crippen molar-refractivity contribution >= 4 is 34.2 Å². The second kappa shape index (κ2) is 7.25. The SMILES string of the molecule is COc1ccc(C(C#N)=Cc2cc3ccccc3nc2Cl)cc1OC. The van der Waals surface area contributed by atoms with Gasteiger partial charge >= 0.3 is 0 Å². The lowest BCUT2D eigenvalue weighted by atomic mass is 10.0. The van der Waals surface area contributed by atoms with Gasteiger partial charge in [-0.25, -0.2) is 4.98 Å². The molecule has 0 unspecified atom stereocenters. The summed E-state index contributed by atoms with van der Waals surface area (Å²) in [5.74, 6) is 1.16. The molecular formula is C20H15ClN2O2. The lowest BCUT2D eigenvalue weighted by Crippen LogP contribution is -1.92. The number of rotatable bonds is 4. The molecule has 0 aliphatic heterocycles. The van der Waals surface area contributed by atoms with E-state index in [1.807, 2.05) is 30.3 Å². The number of ether oxygens (including phenoxy) is 2.